The molecular formula is C23H27N3O4. The van der Waals surface area contributed by atoms with Crippen LogP contribution in [-0.4, -0.2) is 43.6 Å². The normalized spacial score (nSPS) is 21.4. The van der Waals surface area contributed by atoms with Gasteiger partial charge in [0.05, 0.1) is 19.4 Å². The number of nitrogens with one attached hydrogen (secondary N) is 2. The number of benzene rings is 2. The zero-order chi connectivity index (χ0) is 20.9. The number of rotatable bonds is 2. The standard InChI is InChI=1S/C23H27N3O4/c1-29-19-6-4-5-18(14-19)24-23(28)26-11-9-16-13-22(27)25-20-7-2-3-8-21(20)30-12-10-17(16)15-26/h2-8,14,16-17H,9-13,15H2,1H3,(H,24,28)(H,25,27)/t16-,17-/m0/s1. The Kier molecular flexibility index (Phi) is 6.07. The number of likely N-dealkylation sites (tertiary alicyclic amines) is 1. The molecule has 1 fully saturated rings. The molecule has 0 saturated carbocycles. The van der Waals surface area contributed by atoms with E-state index in [9.17, 15) is 9.59 Å². The van der Waals surface area contributed by atoms with Gasteiger partial charge in [0.2, 0.25) is 5.91 Å². The van der Waals surface area contributed by atoms with Crippen molar-refractivity contribution in [3.63, 3.8) is 0 Å². The van der Waals surface area contributed by atoms with E-state index in [2.05, 4.69) is 10.6 Å². The lowest BCUT2D eigenvalue weighted by atomic mass is 9.81. The fourth-order valence-electron chi connectivity index (χ4n) is 4.22. The van der Waals surface area contributed by atoms with Gasteiger partial charge in [0.25, 0.3) is 0 Å². The highest BCUT2D eigenvalue weighted by molar-refractivity contribution is 5.92. The molecule has 0 bridgehead atoms. The third-order valence-electron chi connectivity index (χ3n) is 5.85. The number of carbonyl (C=O) groups excluding carboxylic acids is 2. The molecule has 2 aliphatic rings. The summed E-state index contributed by atoms with van der Waals surface area (Å²) in [5.41, 5.74) is 1.42. The number of fused-ring (bicyclic) bond motifs is 2. The van der Waals surface area contributed by atoms with Crippen molar-refractivity contribution in [2.45, 2.75) is 19.3 Å². The van der Waals surface area contributed by atoms with E-state index in [1.807, 2.05) is 47.4 Å². The first-order valence-electron chi connectivity index (χ1n) is 10.3. The largest absolute Gasteiger partial charge is 0.497 e. The van der Waals surface area contributed by atoms with Crippen LogP contribution in [0, 0.1) is 11.8 Å². The maximum atomic E-state index is 12.8. The van der Waals surface area contributed by atoms with Crippen LogP contribution < -0.4 is 20.1 Å². The number of hydrogen-bond acceptors (Lipinski definition) is 4. The van der Waals surface area contributed by atoms with Gasteiger partial charge in [-0.2, -0.15) is 0 Å². The van der Waals surface area contributed by atoms with Crippen molar-refractivity contribution in [2.24, 2.45) is 11.8 Å². The highest BCUT2D eigenvalue weighted by atomic mass is 16.5. The van der Waals surface area contributed by atoms with E-state index in [4.69, 9.17) is 9.47 Å². The Labute approximate surface area is 176 Å². The predicted octanol–water partition coefficient (Wildman–Crippen LogP) is 3.98. The number of methoxy groups -OCH3 is 1. The molecule has 1 saturated heterocycles. The van der Waals surface area contributed by atoms with Gasteiger partial charge in [-0.3, -0.25) is 4.79 Å². The Balaban J connectivity index is 1.42. The minimum atomic E-state index is -0.130. The molecule has 158 valence electrons. The lowest BCUT2D eigenvalue weighted by molar-refractivity contribution is -0.118. The van der Waals surface area contributed by atoms with E-state index >= 15 is 0 Å². The SMILES string of the molecule is COc1cccc(NC(=O)N2CC[C@H]3CC(=O)Nc4ccccc4OCC[C@H]3C2)c1. The Morgan fingerprint density at radius 1 is 1.17 bits per heavy atom. The first-order valence-corrected chi connectivity index (χ1v) is 10.3. The molecule has 0 radical (unpaired) electrons. The van der Waals surface area contributed by atoms with Crippen molar-refractivity contribution in [3.8, 4) is 11.5 Å². The summed E-state index contributed by atoms with van der Waals surface area (Å²) in [4.78, 5) is 27.2. The van der Waals surface area contributed by atoms with Crippen LogP contribution >= 0.6 is 0 Å². The Morgan fingerprint density at radius 2 is 2.03 bits per heavy atom. The van der Waals surface area contributed by atoms with Gasteiger partial charge < -0.3 is 25.0 Å². The van der Waals surface area contributed by atoms with E-state index in [1.165, 1.54) is 0 Å². The van der Waals surface area contributed by atoms with Gasteiger partial charge in [0.15, 0.2) is 0 Å². The summed E-state index contributed by atoms with van der Waals surface area (Å²) < 4.78 is 11.1. The van der Waals surface area contributed by atoms with Crippen LogP contribution in [0.25, 0.3) is 0 Å². The molecule has 2 aromatic rings. The number of urea groups is 1. The molecule has 0 unspecified atom stereocenters. The molecule has 4 rings (SSSR count). The van der Waals surface area contributed by atoms with E-state index in [-0.39, 0.29) is 23.8 Å². The summed E-state index contributed by atoms with van der Waals surface area (Å²) in [6.07, 6.45) is 2.06. The fraction of sp³-hybridized carbons (Fsp3) is 0.391. The molecule has 0 aromatic heterocycles. The number of carbonyl (C=O) groups is 2. The molecule has 2 heterocycles. The summed E-state index contributed by atoms with van der Waals surface area (Å²) in [5.74, 6) is 1.83. The lowest BCUT2D eigenvalue weighted by Crippen LogP contribution is -2.46. The highest BCUT2D eigenvalue weighted by Gasteiger charge is 2.33. The fourth-order valence-corrected chi connectivity index (χ4v) is 4.22. The Hall–Kier alpha value is -3.22. The number of anilines is 2. The molecule has 0 aliphatic carbocycles. The summed E-state index contributed by atoms with van der Waals surface area (Å²) in [6.45, 7) is 1.79. The van der Waals surface area contributed by atoms with Crippen molar-refractivity contribution in [1.29, 1.82) is 0 Å². The summed E-state index contributed by atoms with van der Waals surface area (Å²) in [6, 6.07) is 14.7. The van der Waals surface area contributed by atoms with Gasteiger partial charge >= 0.3 is 6.03 Å². The number of nitrogens with zero attached hydrogens (tertiary/aromatic N) is 1. The average Bonchev–Trinajstić information content (AvgIpc) is 2.76. The van der Waals surface area contributed by atoms with E-state index in [1.54, 1.807) is 13.2 Å². The van der Waals surface area contributed by atoms with Crippen LogP contribution in [0.5, 0.6) is 11.5 Å². The number of hydrogen-bond donors (Lipinski definition) is 2. The first kappa shape index (κ1) is 20.1. The van der Waals surface area contributed by atoms with Crippen LogP contribution in [0.15, 0.2) is 48.5 Å². The summed E-state index contributed by atoms with van der Waals surface area (Å²) in [5, 5.41) is 5.92. The van der Waals surface area contributed by atoms with Crippen molar-refractivity contribution in [1.82, 2.24) is 4.90 Å². The van der Waals surface area contributed by atoms with Gasteiger partial charge in [-0.25, -0.2) is 4.79 Å². The van der Waals surface area contributed by atoms with Crippen LogP contribution in [0.4, 0.5) is 16.2 Å². The number of piperidine rings is 1. The monoisotopic (exact) mass is 409 g/mol. The van der Waals surface area contributed by atoms with Crippen molar-refractivity contribution in [2.75, 3.05) is 37.4 Å². The third kappa shape index (κ3) is 4.67. The molecule has 2 aliphatic heterocycles. The predicted molar refractivity (Wildman–Crippen MR) is 115 cm³/mol. The highest BCUT2D eigenvalue weighted by Crippen LogP contribution is 2.33. The second-order valence-corrected chi connectivity index (χ2v) is 7.80. The van der Waals surface area contributed by atoms with Gasteiger partial charge in [0.1, 0.15) is 11.5 Å². The van der Waals surface area contributed by atoms with Gasteiger partial charge in [-0.1, -0.05) is 18.2 Å². The van der Waals surface area contributed by atoms with Crippen molar-refractivity contribution < 1.29 is 19.1 Å². The second kappa shape index (κ2) is 9.07. The Bertz CT molecular complexity index is 917. The third-order valence-corrected chi connectivity index (χ3v) is 5.85. The molecule has 30 heavy (non-hydrogen) atoms. The maximum Gasteiger partial charge on any atom is 0.321 e. The smallest absolute Gasteiger partial charge is 0.321 e. The minimum absolute atomic E-state index is 0.00256. The van der Waals surface area contributed by atoms with Crippen LogP contribution in [0.1, 0.15) is 19.3 Å². The molecule has 2 atom stereocenters. The minimum Gasteiger partial charge on any atom is -0.497 e. The van der Waals surface area contributed by atoms with Gasteiger partial charge in [-0.15, -0.1) is 0 Å². The van der Waals surface area contributed by atoms with E-state index < -0.39 is 0 Å². The maximum absolute atomic E-state index is 12.8. The molecule has 3 amide bonds. The zero-order valence-electron chi connectivity index (χ0n) is 17.1. The molecule has 7 heteroatoms. The number of ether oxygens (including phenoxy) is 2. The average molecular weight is 409 g/mol. The second-order valence-electron chi connectivity index (χ2n) is 7.80. The molecule has 2 aromatic carbocycles. The summed E-state index contributed by atoms with van der Waals surface area (Å²) in [7, 11) is 1.60. The van der Waals surface area contributed by atoms with Crippen molar-refractivity contribution in [3.05, 3.63) is 48.5 Å². The van der Waals surface area contributed by atoms with Crippen LogP contribution in [-0.2, 0) is 4.79 Å². The van der Waals surface area contributed by atoms with Crippen LogP contribution in [0.3, 0.4) is 0 Å². The molecule has 7 nitrogen and oxygen atoms in total. The first-order chi connectivity index (χ1) is 14.6. The van der Waals surface area contributed by atoms with Gasteiger partial charge in [-0.05, 0) is 48.9 Å². The van der Waals surface area contributed by atoms with E-state index in [0.29, 0.717) is 43.3 Å². The quantitative estimate of drug-likeness (QED) is 0.786. The van der Waals surface area contributed by atoms with Crippen molar-refractivity contribution >= 4 is 23.3 Å². The molecule has 0 spiro atoms. The molecule has 2 N–H and O–H groups in total. The lowest BCUT2D eigenvalue weighted by Gasteiger charge is -2.39. The summed E-state index contributed by atoms with van der Waals surface area (Å²) >= 11 is 0. The van der Waals surface area contributed by atoms with Gasteiger partial charge in [0, 0.05) is 31.3 Å². The number of para-hydroxylation sites is 2. The number of amides is 3. The van der Waals surface area contributed by atoms with Crippen LogP contribution in [0.2, 0.25) is 0 Å². The molecular weight excluding hydrogens is 382 g/mol. The Morgan fingerprint density at radius 3 is 2.90 bits per heavy atom. The van der Waals surface area contributed by atoms with E-state index in [0.717, 1.165) is 18.5 Å². The topological polar surface area (TPSA) is 79.9 Å². The zero-order valence-corrected chi connectivity index (χ0v) is 17.1.